The highest BCUT2D eigenvalue weighted by molar-refractivity contribution is 7.89. The Hall–Kier alpha value is -0.820. The van der Waals surface area contributed by atoms with Gasteiger partial charge in [0.25, 0.3) is 0 Å². The molecule has 0 bridgehead atoms. The van der Waals surface area contributed by atoms with Crippen LogP contribution in [0.1, 0.15) is 23.1 Å². The predicted molar refractivity (Wildman–Crippen MR) is 98.5 cm³/mol. The molecular formula is C17H22Cl2N2O3S. The lowest BCUT2D eigenvalue weighted by Gasteiger charge is -2.34. The molecule has 0 N–H and O–H groups in total. The minimum Gasteiger partial charge on any atom is -0.340 e. The molecule has 1 heterocycles. The Kier molecular flexibility index (Phi) is 4.86. The highest BCUT2D eigenvalue weighted by Crippen LogP contribution is 2.54. The largest absolute Gasteiger partial charge is 0.340 e. The van der Waals surface area contributed by atoms with Crippen molar-refractivity contribution >= 4 is 39.1 Å². The minimum absolute atomic E-state index is 0.0789. The van der Waals surface area contributed by atoms with E-state index in [1.165, 1.54) is 4.31 Å². The third-order valence-electron chi connectivity index (χ3n) is 4.88. The van der Waals surface area contributed by atoms with Crippen LogP contribution in [0.3, 0.4) is 0 Å². The van der Waals surface area contributed by atoms with E-state index in [0.29, 0.717) is 24.4 Å². The van der Waals surface area contributed by atoms with E-state index >= 15 is 0 Å². The summed E-state index contributed by atoms with van der Waals surface area (Å²) in [5.74, 6) is -0.440. The molecule has 1 amide bonds. The Morgan fingerprint density at radius 1 is 1.08 bits per heavy atom. The van der Waals surface area contributed by atoms with Crippen molar-refractivity contribution < 1.29 is 13.2 Å². The van der Waals surface area contributed by atoms with Gasteiger partial charge in [0.05, 0.1) is 10.8 Å². The molecule has 1 aliphatic carbocycles. The van der Waals surface area contributed by atoms with E-state index in [2.05, 4.69) is 0 Å². The van der Waals surface area contributed by atoms with E-state index in [0.717, 1.165) is 16.7 Å². The Labute approximate surface area is 158 Å². The molecule has 1 atom stereocenters. The molecule has 2 fully saturated rings. The molecule has 1 saturated carbocycles. The molecule has 1 aliphatic heterocycles. The quantitative estimate of drug-likeness (QED) is 0.727. The van der Waals surface area contributed by atoms with Crippen LogP contribution in [0.4, 0.5) is 0 Å². The maximum atomic E-state index is 13.0. The van der Waals surface area contributed by atoms with E-state index in [1.807, 2.05) is 32.9 Å². The summed E-state index contributed by atoms with van der Waals surface area (Å²) in [5.41, 5.74) is 2.55. The van der Waals surface area contributed by atoms with Crippen molar-refractivity contribution in [2.75, 3.05) is 26.2 Å². The molecule has 5 nitrogen and oxygen atoms in total. The van der Waals surface area contributed by atoms with Crippen LogP contribution >= 0.6 is 23.2 Å². The molecule has 0 spiro atoms. The van der Waals surface area contributed by atoms with Crippen molar-refractivity contribution in [3.63, 3.8) is 0 Å². The van der Waals surface area contributed by atoms with E-state index < -0.39 is 14.4 Å². The Balaban J connectivity index is 1.73. The average molecular weight is 405 g/mol. The number of carbonyl (C=O) groups is 1. The predicted octanol–water partition coefficient (Wildman–Crippen LogP) is 2.64. The lowest BCUT2D eigenvalue weighted by molar-refractivity contribution is -0.133. The number of rotatable bonds is 3. The van der Waals surface area contributed by atoms with E-state index in [1.54, 1.807) is 4.90 Å². The van der Waals surface area contributed by atoms with Crippen molar-refractivity contribution in [1.82, 2.24) is 9.21 Å². The fourth-order valence-corrected chi connectivity index (χ4v) is 5.88. The fraction of sp³-hybridized carbons (Fsp3) is 0.588. The second-order valence-corrected chi connectivity index (χ2v) is 10.4. The first-order valence-corrected chi connectivity index (χ1v) is 10.5. The first-order chi connectivity index (χ1) is 11.5. The lowest BCUT2D eigenvalue weighted by Crippen LogP contribution is -2.51. The summed E-state index contributed by atoms with van der Waals surface area (Å²) in [4.78, 5) is 14.4. The van der Waals surface area contributed by atoms with Crippen LogP contribution in [-0.2, 0) is 14.8 Å². The summed E-state index contributed by atoms with van der Waals surface area (Å²) in [6, 6.07) is 3.76. The summed E-state index contributed by atoms with van der Waals surface area (Å²) in [7, 11) is -3.57. The summed E-state index contributed by atoms with van der Waals surface area (Å²) in [5, 5.41) is 0. The van der Waals surface area contributed by atoms with Gasteiger partial charge in [0.2, 0.25) is 15.9 Å². The number of alkyl halides is 2. The smallest absolute Gasteiger partial charge is 0.243 e. The van der Waals surface area contributed by atoms with Crippen LogP contribution < -0.4 is 0 Å². The van der Waals surface area contributed by atoms with Gasteiger partial charge in [-0.25, -0.2) is 8.42 Å². The normalized spacial score (nSPS) is 23.6. The zero-order valence-electron chi connectivity index (χ0n) is 14.6. The summed E-state index contributed by atoms with van der Waals surface area (Å²) in [6.07, 6.45) is 0.467. The summed E-state index contributed by atoms with van der Waals surface area (Å²) >= 11 is 11.9. The monoisotopic (exact) mass is 404 g/mol. The van der Waals surface area contributed by atoms with Crippen molar-refractivity contribution in [1.29, 1.82) is 0 Å². The topological polar surface area (TPSA) is 57.7 Å². The number of amides is 1. The van der Waals surface area contributed by atoms with Gasteiger partial charge in [0.1, 0.15) is 4.33 Å². The van der Waals surface area contributed by atoms with Crippen LogP contribution in [-0.4, -0.2) is 54.0 Å². The van der Waals surface area contributed by atoms with Gasteiger partial charge in [-0.1, -0.05) is 17.7 Å². The second-order valence-electron chi connectivity index (χ2n) is 6.97. The van der Waals surface area contributed by atoms with Gasteiger partial charge in [-0.05, 0) is 38.3 Å². The van der Waals surface area contributed by atoms with E-state index in [4.69, 9.17) is 23.2 Å². The SMILES string of the molecule is Cc1cc(C)c(S(=O)(=O)N2CCN(C(=O)[C@@H]3CC3(Cl)Cl)CC2)c(C)c1. The highest BCUT2D eigenvalue weighted by Gasteiger charge is 2.57. The van der Waals surface area contributed by atoms with Crippen LogP contribution in [0.25, 0.3) is 0 Å². The van der Waals surface area contributed by atoms with Gasteiger partial charge in [0, 0.05) is 26.2 Å². The van der Waals surface area contributed by atoms with Gasteiger partial charge < -0.3 is 4.90 Å². The summed E-state index contributed by atoms with van der Waals surface area (Å²) < 4.78 is 26.6. The lowest BCUT2D eigenvalue weighted by atomic mass is 10.1. The number of halogens is 2. The molecule has 138 valence electrons. The second kappa shape index (κ2) is 6.41. The third kappa shape index (κ3) is 3.54. The van der Waals surface area contributed by atoms with Crippen LogP contribution in [0, 0.1) is 26.7 Å². The van der Waals surface area contributed by atoms with Crippen molar-refractivity contribution in [3.05, 3.63) is 28.8 Å². The van der Waals surface area contributed by atoms with Crippen molar-refractivity contribution in [3.8, 4) is 0 Å². The molecule has 0 aromatic heterocycles. The van der Waals surface area contributed by atoms with E-state index in [9.17, 15) is 13.2 Å². The minimum atomic E-state index is -3.57. The zero-order valence-corrected chi connectivity index (χ0v) is 16.9. The number of sulfonamides is 1. The van der Waals surface area contributed by atoms with Crippen LogP contribution in [0.2, 0.25) is 0 Å². The first-order valence-electron chi connectivity index (χ1n) is 8.28. The van der Waals surface area contributed by atoms with Gasteiger partial charge in [-0.3, -0.25) is 4.79 Å². The van der Waals surface area contributed by atoms with Crippen LogP contribution in [0.15, 0.2) is 17.0 Å². The number of hydrogen-bond donors (Lipinski definition) is 0. The Morgan fingerprint density at radius 3 is 2.00 bits per heavy atom. The molecule has 1 saturated heterocycles. The number of carbonyl (C=O) groups excluding carboxylic acids is 1. The van der Waals surface area contributed by atoms with Crippen molar-refractivity contribution in [2.45, 2.75) is 36.4 Å². The highest BCUT2D eigenvalue weighted by atomic mass is 35.5. The zero-order chi connectivity index (χ0) is 18.6. The van der Waals surface area contributed by atoms with Crippen molar-refractivity contribution in [2.24, 2.45) is 5.92 Å². The molecule has 8 heteroatoms. The Bertz CT molecular complexity index is 792. The molecule has 2 aliphatic rings. The van der Waals surface area contributed by atoms with Crippen LogP contribution in [0.5, 0.6) is 0 Å². The molecule has 25 heavy (non-hydrogen) atoms. The maximum Gasteiger partial charge on any atom is 0.243 e. The number of nitrogens with zero attached hydrogens (tertiary/aromatic N) is 2. The number of piperazine rings is 1. The molecule has 1 aromatic carbocycles. The maximum absolute atomic E-state index is 13.0. The number of aryl methyl sites for hydroxylation is 3. The van der Waals surface area contributed by atoms with Gasteiger partial charge >= 0.3 is 0 Å². The molecule has 0 unspecified atom stereocenters. The molecular weight excluding hydrogens is 383 g/mol. The fourth-order valence-electron chi connectivity index (χ4n) is 3.55. The molecule has 1 aromatic rings. The van der Waals surface area contributed by atoms with Gasteiger partial charge in [-0.15, -0.1) is 23.2 Å². The van der Waals surface area contributed by atoms with Gasteiger partial charge in [0.15, 0.2) is 0 Å². The average Bonchev–Trinajstić information content (AvgIpc) is 3.14. The Morgan fingerprint density at radius 2 is 1.56 bits per heavy atom. The molecule has 3 rings (SSSR count). The summed E-state index contributed by atoms with van der Waals surface area (Å²) in [6.45, 7) is 6.88. The number of benzene rings is 1. The molecule has 0 radical (unpaired) electrons. The standard InChI is InChI=1S/C17H22Cl2N2O3S/c1-11-8-12(2)15(13(3)9-11)25(23,24)21-6-4-20(5-7-21)16(22)14-10-17(14,18)19/h8-9,14H,4-7,10H2,1-3H3/t14-/m0/s1. The van der Waals surface area contributed by atoms with Gasteiger partial charge in [-0.2, -0.15) is 4.31 Å². The number of hydrogen-bond acceptors (Lipinski definition) is 3. The first kappa shape index (κ1) is 19.0. The van der Waals surface area contributed by atoms with E-state index in [-0.39, 0.29) is 24.9 Å². The third-order valence-corrected chi connectivity index (χ3v) is 7.92.